The summed E-state index contributed by atoms with van der Waals surface area (Å²) in [6.45, 7) is 2.24. The summed E-state index contributed by atoms with van der Waals surface area (Å²) in [7, 11) is 2.11. The summed E-state index contributed by atoms with van der Waals surface area (Å²) in [5.41, 5.74) is 2.53. The van der Waals surface area contributed by atoms with Gasteiger partial charge in [0.05, 0.1) is 0 Å². The van der Waals surface area contributed by atoms with E-state index in [1.807, 2.05) is 6.07 Å². The third-order valence-corrected chi connectivity index (χ3v) is 2.83. The summed E-state index contributed by atoms with van der Waals surface area (Å²) in [5.74, 6) is 0.679. The molecule has 0 fully saturated rings. The molecule has 0 aliphatic heterocycles. The average Bonchev–Trinajstić information content (AvgIpc) is 2.30. The SMILES string of the molecule is CC1C=CC(N(C)c2ccccc2)=CC1. The van der Waals surface area contributed by atoms with E-state index in [4.69, 9.17) is 0 Å². The van der Waals surface area contributed by atoms with E-state index in [9.17, 15) is 0 Å². The molecular weight excluding hydrogens is 182 g/mol. The third kappa shape index (κ3) is 2.30. The first kappa shape index (κ1) is 10.0. The molecule has 1 aliphatic rings. The van der Waals surface area contributed by atoms with E-state index in [1.54, 1.807) is 0 Å². The van der Waals surface area contributed by atoms with E-state index in [-0.39, 0.29) is 0 Å². The van der Waals surface area contributed by atoms with Crippen molar-refractivity contribution in [2.75, 3.05) is 11.9 Å². The highest BCUT2D eigenvalue weighted by atomic mass is 15.1. The first-order valence-electron chi connectivity index (χ1n) is 5.44. The van der Waals surface area contributed by atoms with Gasteiger partial charge in [-0.15, -0.1) is 0 Å². The maximum Gasteiger partial charge on any atom is 0.0407 e. The number of benzene rings is 1. The van der Waals surface area contributed by atoms with Gasteiger partial charge in [0.15, 0.2) is 0 Å². The Kier molecular flexibility index (Phi) is 2.91. The molecule has 1 aromatic rings. The van der Waals surface area contributed by atoms with Crippen LogP contribution < -0.4 is 4.90 Å². The third-order valence-electron chi connectivity index (χ3n) is 2.83. The minimum absolute atomic E-state index is 0.679. The maximum atomic E-state index is 2.30. The lowest BCUT2D eigenvalue weighted by atomic mass is 10.0. The molecule has 1 nitrogen and oxygen atoms in total. The van der Waals surface area contributed by atoms with Gasteiger partial charge in [0.25, 0.3) is 0 Å². The van der Waals surface area contributed by atoms with Crippen LogP contribution in [-0.4, -0.2) is 7.05 Å². The van der Waals surface area contributed by atoms with Gasteiger partial charge >= 0.3 is 0 Å². The smallest absolute Gasteiger partial charge is 0.0407 e. The van der Waals surface area contributed by atoms with E-state index < -0.39 is 0 Å². The predicted octanol–water partition coefficient (Wildman–Crippen LogP) is 3.60. The van der Waals surface area contributed by atoms with Gasteiger partial charge in [0.2, 0.25) is 0 Å². The van der Waals surface area contributed by atoms with Gasteiger partial charge in [-0.3, -0.25) is 0 Å². The van der Waals surface area contributed by atoms with Crippen LogP contribution in [0.15, 0.2) is 54.3 Å². The predicted molar refractivity (Wildman–Crippen MR) is 65.8 cm³/mol. The second kappa shape index (κ2) is 4.35. The van der Waals surface area contributed by atoms with Crippen LogP contribution in [-0.2, 0) is 0 Å². The Morgan fingerprint density at radius 2 is 1.93 bits per heavy atom. The van der Waals surface area contributed by atoms with Crippen molar-refractivity contribution in [1.82, 2.24) is 0 Å². The molecule has 0 amide bonds. The summed E-state index contributed by atoms with van der Waals surface area (Å²) in [4.78, 5) is 2.22. The molecule has 1 aliphatic carbocycles. The number of hydrogen-bond donors (Lipinski definition) is 0. The van der Waals surface area contributed by atoms with E-state index >= 15 is 0 Å². The second-order valence-corrected chi connectivity index (χ2v) is 4.10. The Bertz CT molecular complexity index is 376. The Morgan fingerprint density at radius 1 is 1.20 bits per heavy atom. The van der Waals surface area contributed by atoms with E-state index in [0.29, 0.717) is 5.92 Å². The highest BCUT2D eigenvalue weighted by Gasteiger charge is 2.08. The molecule has 15 heavy (non-hydrogen) atoms. The first-order chi connectivity index (χ1) is 7.27. The van der Waals surface area contributed by atoms with Gasteiger partial charge in [-0.05, 0) is 30.5 Å². The highest BCUT2D eigenvalue weighted by Crippen LogP contribution is 2.22. The largest absolute Gasteiger partial charge is 0.345 e. The zero-order valence-electron chi connectivity index (χ0n) is 9.35. The summed E-state index contributed by atoms with van der Waals surface area (Å²) in [5, 5.41) is 0. The van der Waals surface area contributed by atoms with Crippen molar-refractivity contribution < 1.29 is 0 Å². The first-order valence-corrected chi connectivity index (χ1v) is 5.44. The van der Waals surface area contributed by atoms with Crippen molar-refractivity contribution in [2.24, 2.45) is 5.92 Å². The minimum atomic E-state index is 0.679. The van der Waals surface area contributed by atoms with E-state index in [0.717, 1.165) is 6.42 Å². The second-order valence-electron chi connectivity index (χ2n) is 4.10. The van der Waals surface area contributed by atoms with Gasteiger partial charge in [-0.2, -0.15) is 0 Å². The van der Waals surface area contributed by atoms with E-state index in [2.05, 4.69) is 61.4 Å². The lowest BCUT2D eigenvalue weighted by Gasteiger charge is -2.23. The average molecular weight is 199 g/mol. The van der Waals surface area contributed by atoms with Gasteiger partial charge in [0, 0.05) is 18.4 Å². The molecule has 0 saturated heterocycles. The van der Waals surface area contributed by atoms with Crippen molar-refractivity contribution in [1.29, 1.82) is 0 Å². The molecule has 0 heterocycles. The summed E-state index contributed by atoms with van der Waals surface area (Å²) >= 11 is 0. The van der Waals surface area contributed by atoms with Gasteiger partial charge in [0.1, 0.15) is 0 Å². The molecule has 0 bridgehead atoms. The molecule has 78 valence electrons. The van der Waals surface area contributed by atoms with E-state index in [1.165, 1.54) is 11.4 Å². The fourth-order valence-corrected chi connectivity index (χ4v) is 1.77. The molecular formula is C14H17N. The molecule has 0 aromatic heterocycles. The Balaban J connectivity index is 2.16. The minimum Gasteiger partial charge on any atom is -0.345 e. The Labute approximate surface area is 91.7 Å². The van der Waals surface area contributed by atoms with Gasteiger partial charge in [-0.1, -0.05) is 37.3 Å². The Hall–Kier alpha value is -1.50. The molecule has 1 unspecified atom stereocenters. The molecule has 0 N–H and O–H groups in total. The van der Waals surface area contributed by atoms with Crippen molar-refractivity contribution in [3.8, 4) is 0 Å². The van der Waals surface area contributed by atoms with Crippen LogP contribution in [0.4, 0.5) is 5.69 Å². The molecule has 0 saturated carbocycles. The van der Waals surface area contributed by atoms with Gasteiger partial charge < -0.3 is 4.90 Å². The van der Waals surface area contributed by atoms with Crippen molar-refractivity contribution in [2.45, 2.75) is 13.3 Å². The van der Waals surface area contributed by atoms with Crippen LogP contribution in [0.1, 0.15) is 13.3 Å². The molecule has 1 aromatic carbocycles. The lowest BCUT2D eigenvalue weighted by molar-refractivity contribution is 0.727. The number of anilines is 1. The maximum absolute atomic E-state index is 2.30. The van der Waals surface area contributed by atoms with Crippen LogP contribution in [0.2, 0.25) is 0 Å². The Morgan fingerprint density at radius 3 is 2.53 bits per heavy atom. The van der Waals surface area contributed by atoms with Crippen LogP contribution in [0.3, 0.4) is 0 Å². The standard InChI is InChI=1S/C14H17N/c1-12-8-10-14(11-9-12)15(2)13-6-4-3-5-7-13/h3-8,10-12H,9H2,1-2H3. The number of allylic oxidation sites excluding steroid dienone is 3. The number of nitrogens with zero attached hydrogens (tertiary/aromatic N) is 1. The van der Waals surface area contributed by atoms with Crippen LogP contribution in [0.25, 0.3) is 0 Å². The normalized spacial score (nSPS) is 19.9. The number of hydrogen-bond acceptors (Lipinski definition) is 1. The zero-order chi connectivity index (χ0) is 10.7. The van der Waals surface area contributed by atoms with Crippen molar-refractivity contribution >= 4 is 5.69 Å². The topological polar surface area (TPSA) is 3.24 Å². The molecule has 2 rings (SSSR count). The monoisotopic (exact) mass is 199 g/mol. The quantitative estimate of drug-likeness (QED) is 0.703. The van der Waals surface area contributed by atoms with Gasteiger partial charge in [-0.25, -0.2) is 0 Å². The summed E-state index contributed by atoms with van der Waals surface area (Å²) in [6, 6.07) is 10.5. The molecule has 0 radical (unpaired) electrons. The molecule has 1 heteroatoms. The van der Waals surface area contributed by atoms with Crippen molar-refractivity contribution in [3.05, 3.63) is 54.3 Å². The fraction of sp³-hybridized carbons (Fsp3) is 0.286. The summed E-state index contributed by atoms with van der Waals surface area (Å²) < 4.78 is 0. The number of para-hydroxylation sites is 1. The molecule has 0 spiro atoms. The lowest BCUT2D eigenvalue weighted by Crippen LogP contribution is -2.16. The summed E-state index contributed by atoms with van der Waals surface area (Å²) in [6.07, 6.45) is 7.93. The zero-order valence-corrected chi connectivity index (χ0v) is 9.35. The van der Waals surface area contributed by atoms with Crippen LogP contribution in [0.5, 0.6) is 0 Å². The molecule has 1 atom stereocenters. The van der Waals surface area contributed by atoms with Crippen LogP contribution >= 0.6 is 0 Å². The highest BCUT2D eigenvalue weighted by molar-refractivity contribution is 5.53. The van der Waals surface area contributed by atoms with Crippen LogP contribution in [0, 0.1) is 5.92 Å². The number of rotatable bonds is 2. The fourth-order valence-electron chi connectivity index (χ4n) is 1.77. The van der Waals surface area contributed by atoms with Crippen molar-refractivity contribution in [3.63, 3.8) is 0 Å². The number of likely N-dealkylation sites (N-methyl/N-ethyl adjacent to an activating group) is 1.